The maximum Gasteiger partial charge on any atom is 0.191 e. The average molecular weight is 271 g/mol. The highest BCUT2D eigenvalue weighted by Gasteiger charge is 1.99. The van der Waals surface area contributed by atoms with Gasteiger partial charge in [0.1, 0.15) is 0 Å². The van der Waals surface area contributed by atoms with Crippen molar-refractivity contribution in [3.05, 3.63) is 54.1 Å². The summed E-state index contributed by atoms with van der Waals surface area (Å²) in [5, 5.41) is 6.52. The third-order valence-corrected chi connectivity index (χ3v) is 2.82. The zero-order chi connectivity index (χ0) is 14.2. The molecule has 2 heterocycles. The van der Waals surface area contributed by atoms with Gasteiger partial charge in [-0.2, -0.15) is 0 Å². The van der Waals surface area contributed by atoms with Crippen molar-refractivity contribution in [3.63, 3.8) is 0 Å². The molecule has 0 amide bonds. The average Bonchev–Trinajstić information content (AvgIpc) is 2.89. The predicted molar refractivity (Wildman–Crippen MR) is 81.3 cm³/mol. The first-order valence-corrected chi connectivity index (χ1v) is 6.81. The number of hydrogen-bond acceptors (Lipinski definition) is 2. The summed E-state index contributed by atoms with van der Waals surface area (Å²) in [5.41, 5.74) is 2.19. The summed E-state index contributed by atoms with van der Waals surface area (Å²) in [5.74, 6) is 0.807. The van der Waals surface area contributed by atoms with Crippen molar-refractivity contribution in [2.75, 3.05) is 6.54 Å². The molecule has 0 radical (unpaired) electrons. The largest absolute Gasteiger partial charge is 0.357 e. The Labute approximate surface area is 119 Å². The number of guanidine groups is 1. The van der Waals surface area contributed by atoms with Gasteiger partial charge in [-0.25, -0.2) is 4.99 Å². The number of nitrogens with one attached hydrogen (secondary N) is 2. The van der Waals surface area contributed by atoms with E-state index < -0.39 is 0 Å². The minimum absolute atomic E-state index is 0.665. The van der Waals surface area contributed by atoms with Crippen molar-refractivity contribution in [1.82, 2.24) is 20.2 Å². The van der Waals surface area contributed by atoms with Crippen molar-refractivity contribution in [2.24, 2.45) is 12.0 Å². The van der Waals surface area contributed by atoms with Crippen LogP contribution < -0.4 is 10.6 Å². The highest BCUT2D eigenvalue weighted by Crippen LogP contribution is 2.01. The molecule has 2 aromatic rings. The van der Waals surface area contributed by atoms with Crippen LogP contribution in [0.5, 0.6) is 0 Å². The van der Waals surface area contributed by atoms with Gasteiger partial charge >= 0.3 is 0 Å². The third kappa shape index (κ3) is 4.42. The van der Waals surface area contributed by atoms with Gasteiger partial charge in [-0.1, -0.05) is 6.07 Å². The molecule has 0 saturated heterocycles. The van der Waals surface area contributed by atoms with E-state index in [1.165, 1.54) is 5.56 Å². The summed E-state index contributed by atoms with van der Waals surface area (Å²) in [6, 6.07) is 7.97. The molecule has 0 spiro atoms. The van der Waals surface area contributed by atoms with Crippen LogP contribution in [-0.4, -0.2) is 22.1 Å². The first-order chi connectivity index (χ1) is 9.78. The van der Waals surface area contributed by atoms with Crippen LogP contribution >= 0.6 is 0 Å². The van der Waals surface area contributed by atoms with Gasteiger partial charge in [0.2, 0.25) is 0 Å². The first kappa shape index (κ1) is 14.1. The quantitative estimate of drug-likeness (QED) is 0.642. The number of rotatable bonds is 5. The summed E-state index contributed by atoms with van der Waals surface area (Å²) >= 11 is 0. The van der Waals surface area contributed by atoms with Gasteiger partial charge in [0, 0.05) is 32.2 Å². The van der Waals surface area contributed by atoms with Gasteiger partial charge in [-0.05, 0) is 30.7 Å². The van der Waals surface area contributed by atoms with E-state index in [2.05, 4.69) is 39.8 Å². The highest BCUT2D eigenvalue weighted by molar-refractivity contribution is 5.79. The van der Waals surface area contributed by atoms with Crippen molar-refractivity contribution in [3.8, 4) is 0 Å². The van der Waals surface area contributed by atoms with Crippen molar-refractivity contribution in [2.45, 2.75) is 20.0 Å². The molecule has 0 fully saturated rings. The number of aryl methyl sites for hydroxylation is 1. The lowest BCUT2D eigenvalue weighted by Gasteiger charge is -2.10. The standard InChI is InChI=1S/C15H21N5/c1-3-16-15(18-10-13-7-9-20(2)12-13)19-11-14-6-4-5-8-17-14/h4-9,12H,3,10-11H2,1-2H3,(H2,16,18,19). The van der Waals surface area contributed by atoms with Crippen LogP contribution in [0, 0.1) is 0 Å². The zero-order valence-electron chi connectivity index (χ0n) is 12.0. The Kier molecular flexibility index (Phi) is 5.17. The lowest BCUT2D eigenvalue weighted by Crippen LogP contribution is -2.36. The molecular formula is C15H21N5. The Balaban J connectivity index is 1.92. The van der Waals surface area contributed by atoms with Gasteiger partial charge < -0.3 is 15.2 Å². The molecule has 0 aliphatic heterocycles. The number of aromatic nitrogens is 2. The van der Waals surface area contributed by atoms with Crippen LogP contribution in [0.4, 0.5) is 0 Å². The molecule has 2 rings (SSSR count). The van der Waals surface area contributed by atoms with Crippen LogP contribution in [-0.2, 0) is 20.1 Å². The van der Waals surface area contributed by atoms with E-state index in [9.17, 15) is 0 Å². The molecule has 20 heavy (non-hydrogen) atoms. The molecular weight excluding hydrogens is 250 g/mol. The molecule has 0 atom stereocenters. The van der Waals surface area contributed by atoms with E-state index >= 15 is 0 Å². The molecule has 2 N–H and O–H groups in total. The molecule has 106 valence electrons. The minimum Gasteiger partial charge on any atom is -0.357 e. The smallest absolute Gasteiger partial charge is 0.191 e. The number of aliphatic imine (C=N–C) groups is 1. The molecule has 2 aromatic heterocycles. The summed E-state index contributed by atoms with van der Waals surface area (Å²) in [6.07, 6.45) is 5.90. The first-order valence-electron chi connectivity index (χ1n) is 6.81. The van der Waals surface area contributed by atoms with E-state index in [-0.39, 0.29) is 0 Å². The summed E-state index contributed by atoms with van der Waals surface area (Å²) in [4.78, 5) is 8.85. The highest BCUT2D eigenvalue weighted by atomic mass is 15.2. The van der Waals surface area contributed by atoms with Crippen molar-refractivity contribution >= 4 is 5.96 Å². The Morgan fingerprint density at radius 2 is 2.20 bits per heavy atom. The number of pyridine rings is 1. The second kappa shape index (κ2) is 7.33. The maximum absolute atomic E-state index is 4.57. The Bertz CT molecular complexity index is 544. The Morgan fingerprint density at radius 3 is 2.85 bits per heavy atom. The molecule has 0 aliphatic rings. The Morgan fingerprint density at radius 1 is 1.30 bits per heavy atom. The SMILES string of the molecule is CCNC(=NCc1ccn(C)c1)NCc1ccccn1. The van der Waals surface area contributed by atoms with Crippen LogP contribution in [0.1, 0.15) is 18.2 Å². The second-order valence-electron chi connectivity index (χ2n) is 4.56. The third-order valence-electron chi connectivity index (χ3n) is 2.82. The monoisotopic (exact) mass is 271 g/mol. The molecule has 0 saturated carbocycles. The summed E-state index contributed by atoms with van der Waals surface area (Å²) < 4.78 is 2.03. The molecule has 0 aliphatic carbocycles. The fourth-order valence-corrected chi connectivity index (χ4v) is 1.84. The fourth-order valence-electron chi connectivity index (χ4n) is 1.84. The molecule has 0 bridgehead atoms. The topological polar surface area (TPSA) is 54.2 Å². The number of hydrogen-bond donors (Lipinski definition) is 2. The van der Waals surface area contributed by atoms with Crippen LogP contribution in [0.3, 0.4) is 0 Å². The lowest BCUT2D eigenvalue weighted by molar-refractivity contribution is 0.799. The zero-order valence-corrected chi connectivity index (χ0v) is 12.0. The minimum atomic E-state index is 0.665. The van der Waals surface area contributed by atoms with Gasteiger partial charge in [0.15, 0.2) is 5.96 Å². The fraction of sp³-hybridized carbons (Fsp3) is 0.333. The van der Waals surface area contributed by atoms with E-state index in [0.29, 0.717) is 13.1 Å². The normalized spacial score (nSPS) is 11.4. The molecule has 5 heteroatoms. The maximum atomic E-state index is 4.57. The summed E-state index contributed by atoms with van der Waals surface area (Å²) in [6.45, 7) is 4.23. The molecule has 0 unspecified atom stereocenters. The number of nitrogens with zero attached hydrogens (tertiary/aromatic N) is 3. The van der Waals surface area contributed by atoms with Crippen LogP contribution in [0.25, 0.3) is 0 Å². The molecule has 5 nitrogen and oxygen atoms in total. The van der Waals surface area contributed by atoms with Gasteiger partial charge in [0.25, 0.3) is 0 Å². The van der Waals surface area contributed by atoms with Gasteiger partial charge in [-0.3, -0.25) is 4.98 Å². The predicted octanol–water partition coefficient (Wildman–Crippen LogP) is 1.68. The van der Waals surface area contributed by atoms with E-state index in [0.717, 1.165) is 18.2 Å². The van der Waals surface area contributed by atoms with Crippen molar-refractivity contribution in [1.29, 1.82) is 0 Å². The van der Waals surface area contributed by atoms with Gasteiger partial charge in [-0.15, -0.1) is 0 Å². The van der Waals surface area contributed by atoms with Crippen molar-refractivity contribution < 1.29 is 0 Å². The summed E-state index contributed by atoms with van der Waals surface area (Å²) in [7, 11) is 2.01. The lowest BCUT2D eigenvalue weighted by atomic mass is 10.3. The van der Waals surface area contributed by atoms with E-state index in [1.54, 1.807) is 6.20 Å². The second-order valence-corrected chi connectivity index (χ2v) is 4.56. The van der Waals surface area contributed by atoms with Crippen LogP contribution in [0.2, 0.25) is 0 Å². The Hall–Kier alpha value is -2.30. The van der Waals surface area contributed by atoms with Gasteiger partial charge in [0.05, 0.1) is 18.8 Å². The molecule has 0 aromatic carbocycles. The van der Waals surface area contributed by atoms with E-state index in [4.69, 9.17) is 0 Å². The van der Waals surface area contributed by atoms with E-state index in [1.807, 2.05) is 36.0 Å². The van der Waals surface area contributed by atoms with Crippen LogP contribution in [0.15, 0.2) is 47.8 Å².